The van der Waals surface area contributed by atoms with Crippen LogP contribution in [0.4, 0.5) is 22.0 Å². The third kappa shape index (κ3) is 4.37. The summed E-state index contributed by atoms with van der Waals surface area (Å²) in [5, 5.41) is 3.04. The molecule has 0 saturated heterocycles. The van der Waals surface area contributed by atoms with E-state index in [0.29, 0.717) is 27.5 Å². The van der Waals surface area contributed by atoms with Crippen LogP contribution in [0, 0.1) is 5.82 Å². The van der Waals surface area contributed by atoms with Crippen molar-refractivity contribution in [3.05, 3.63) is 58.6 Å². The summed E-state index contributed by atoms with van der Waals surface area (Å²) in [7, 11) is 1.57. The van der Waals surface area contributed by atoms with E-state index in [2.05, 4.69) is 36.2 Å². The second kappa shape index (κ2) is 7.96. The molecule has 0 aliphatic carbocycles. The van der Waals surface area contributed by atoms with Gasteiger partial charge in [0.15, 0.2) is 5.82 Å². The number of rotatable bonds is 6. The SMILES string of the molecule is COc1ccccc1Nc1nc(N)nc(COc2ccc(F)cc2Br)n1. The molecule has 3 rings (SSSR count). The van der Waals surface area contributed by atoms with Crippen LogP contribution in [0.15, 0.2) is 46.9 Å². The molecule has 0 unspecified atom stereocenters. The molecule has 1 heterocycles. The average molecular weight is 420 g/mol. The lowest BCUT2D eigenvalue weighted by molar-refractivity contribution is 0.293. The summed E-state index contributed by atoms with van der Waals surface area (Å²) in [4.78, 5) is 12.4. The molecule has 0 aliphatic rings. The minimum Gasteiger partial charge on any atom is -0.495 e. The van der Waals surface area contributed by atoms with Gasteiger partial charge in [0.1, 0.15) is 23.9 Å². The number of nitrogen functional groups attached to an aromatic ring is 1. The van der Waals surface area contributed by atoms with Crippen molar-refractivity contribution in [3.63, 3.8) is 0 Å². The molecular formula is C17H15BrFN5O2. The van der Waals surface area contributed by atoms with Crippen molar-refractivity contribution >= 4 is 33.5 Å². The number of nitrogens with two attached hydrogens (primary N) is 1. The Morgan fingerprint density at radius 1 is 1.12 bits per heavy atom. The van der Waals surface area contributed by atoms with Crippen molar-refractivity contribution in [2.24, 2.45) is 0 Å². The van der Waals surface area contributed by atoms with Gasteiger partial charge in [-0.25, -0.2) is 4.39 Å². The Balaban J connectivity index is 1.77. The summed E-state index contributed by atoms with van der Waals surface area (Å²) in [6.45, 7) is 0.0392. The number of aromatic nitrogens is 3. The fraction of sp³-hybridized carbons (Fsp3) is 0.118. The van der Waals surface area contributed by atoms with Gasteiger partial charge in [-0.05, 0) is 46.3 Å². The predicted molar refractivity (Wildman–Crippen MR) is 98.9 cm³/mol. The van der Waals surface area contributed by atoms with E-state index in [1.807, 2.05) is 24.3 Å². The molecule has 7 nitrogen and oxygen atoms in total. The Morgan fingerprint density at radius 2 is 1.92 bits per heavy atom. The van der Waals surface area contributed by atoms with E-state index in [4.69, 9.17) is 15.2 Å². The number of hydrogen-bond donors (Lipinski definition) is 2. The Hall–Kier alpha value is -2.94. The first kappa shape index (κ1) is 17.9. The fourth-order valence-electron chi connectivity index (χ4n) is 2.16. The van der Waals surface area contributed by atoms with Gasteiger partial charge >= 0.3 is 0 Å². The quantitative estimate of drug-likeness (QED) is 0.628. The first-order valence-electron chi connectivity index (χ1n) is 7.53. The minimum absolute atomic E-state index is 0.0392. The monoisotopic (exact) mass is 419 g/mol. The molecule has 3 N–H and O–H groups in total. The molecule has 26 heavy (non-hydrogen) atoms. The van der Waals surface area contributed by atoms with Gasteiger partial charge in [0.25, 0.3) is 0 Å². The zero-order valence-electron chi connectivity index (χ0n) is 13.7. The Kier molecular flexibility index (Phi) is 5.47. The number of ether oxygens (including phenoxy) is 2. The van der Waals surface area contributed by atoms with E-state index in [-0.39, 0.29) is 24.3 Å². The zero-order valence-corrected chi connectivity index (χ0v) is 15.3. The molecule has 3 aromatic rings. The van der Waals surface area contributed by atoms with E-state index in [9.17, 15) is 4.39 Å². The number of halogens is 2. The van der Waals surface area contributed by atoms with Crippen LogP contribution in [-0.2, 0) is 6.61 Å². The summed E-state index contributed by atoms with van der Waals surface area (Å²) >= 11 is 3.24. The molecular weight excluding hydrogens is 405 g/mol. The van der Waals surface area contributed by atoms with Gasteiger partial charge in [-0.2, -0.15) is 15.0 Å². The predicted octanol–water partition coefficient (Wildman–Crippen LogP) is 3.69. The van der Waals surface area contributed by atoms with Crippen molar-refractivity contribution < 1.29 is 13.9 Å². The maximum absolute atomic E-state index is 13.1. The summed E-state index contributed by atoms with van der Waals surface area (Å²) in [5.41, 5.74) is 6.44. The molecule has 0 radical (unpaired) electrons. The molecule has 0 aliphatic heterocycles. The fourth-order valence-corrected chi connectivity index (χ4v) is 2.63. The molecule has 0 atom stereocenters. The maximum Gasteiger partial charge on any atom is 0.232 e. The highest BCUT2D eigenvalue weighted by Gasteiger charge is 2.10. The molecule has 1 aromatic heterocycles. The standard InChI is InChI=1S/C17H15BrFN5O2/c1-25-14-5-3-2-4-12(14)21-17-23-15(22-16(20)24-17)9-26-13-7-6-10(19)8-11(13)18/h2-8H,9H2,1H3,(H3,20,21,22,23,24). The topological polar surface area (TPSA) is 95.2 Å². The second-order valence-electron chi connectivity index (χ2n) is 5.12. The number of benzene rings is 2. The van der Waals surface area contributed by atoms with Gasteiger partial charge in [0.2, 0.25) is 11.9 Å². The Morgan fingerprint density at radius 3 is 2.69 bits per heavy atom. The van der Waals surface area contributed by atoms with Gasteiger partial charge in [-0.1, -0.05) is 12.1 Å². The minimum atomic E-state index is -0.364. The Bertz CT molecular complexity index is 925. The van der Waals surface area contributed by atoms with Gasteiger partial charge < -0.3 is 20.5 Å². The van der Waals surface area contributed by atoms with E-state index in [1.54, 1.807) is 7.11 Å². The lowest BCUT2D eigenvalue weighted by Gasteiger charge is -2.11. The summed E-state index contributed by atoms with van der Waals surface area (Å²) < 4.78 is 24.5. The van der Waals surface area contributed by atoms with E-state index >= 15 is 0 Å². The highest BCUT2D eigenvalue weighted by atomic mass is 79.9. The number of hydrogen-bond acceptors (Lipinski definition) is 7. The van der Waals surface area contributed by atoms with Crippen LogP contribution in [0.25, 0.3) is 0 Å². The summed E-state index contributed by atoms with van der Waals surface area (Å²) in [6, 6.07) is 11.5. The summed E-state index contributed by atoms with van der Waals surface area (Å²) in [5.74, 6) is 1.38. The largest absolute Gasteiger partial charge is 0.495 e. The van der Waals surface area contributed by atoms with Gasteiger partial charge in [-0.3, -0.25) is 0 Å². The normalized spacial score (nSPS) is 10.4. The van der Waals surface area contributed by atoms with Crippen LogP contribution in [-0.4, -0.2) is 22.1 Å². The average Bonchev–Trinajstić information content (AvgIpc) is 2.61. The summed E-state index contributed by atoms with van der Waals surface area (Å²) in [6.07, 6.45) is 0. The van der Waals surface area contributed by atoms with Gasteiger partial charge in [-0.15, -0.1) is 0 Å². The molecule has 9 heteroatoms. The van der Waals surface area contributed by atoms with Crippen LogP contribution >= 0.6 is 15.9 Å². The first-order chi connectivity index (χ1) is 12.5. The van der Waals surface area contributed by atoms with Crippen LogP contribution in [0.3, 0.4) is 0 Å². The highest BCUT2D eigenvalue weighted by Crippen LogP contribution is 2.27. The van der Waals surface area contributed by atoms with Crippen LogP contribution in [0.1, 0.15) is 5.82 Å². The molecule has 134 valence electrons. The zero-order chi connectivity index (χ0) is 18.5. The van der Waals surface area contributed by atoms with Crippen molar-refractivity contribution in [1.29, 1.82) is 0 Å². The van der Waals surface area contributed by atoms with E-state index in [0.717, 1.165) is 0 Å². The van der Waals surface area contributed by atoms with Crippen molar-refractivity contribution in [1.82, 2.24) is 15.0 Å². The number of nitrogens with zero attached hydrogens (tertiary/aromatic N) is 3. The van der Waals surface area contributed by atoms with Gasteiger partial charge in [0, 0.05) is 0 Å². The molecule has 0 bridgehead atoms. The number of nitrogens with one attached hydrogen (secondary N) is 1. The molecule has 0 fully saturated rings. The van der Waals surface area contributed by atoms with Crippen LogP contribution in [0.5, 0.6) is 11.5 Å². The third-order valence-corrected chi connectivity index (χ3v) is 3.92. The first-order valence-corrected chi connectivity index (χ1v) is 8.33. The Labute approximate surface area is 157 Å². The van der Waals surface area contributed by atoms with Crippen molar-refractivity contribution in [2.45, 2.75) is 6.61 Å². The van der Waals surface area contributed by atoms with Crippen molar-refractivity contribution in [2.75, 3.05) is 18.2 Å². The second-order valence-corrected chi connectivity index (χ2v) is 5.98. The molecule has 2 aromatic carbocycles. The van der Waals surface area contributed by atoms with E-state index < -0.39 is 0 Å². The lowest BCUT2D eigenvalue weighted by atomic mass is 10.3. The number of anilines is 3. The smallest absolute Gasteiger partial charge is 0.232 e. The number of methoxy groups -OCH3 is 1. The maximum atomic E-state index is 13.1. The van der Waals surface area contributed by atoms with E-state index in [1.165, 1.54) is 18.2 Å². The lowest BCUT2D eigenvalue weighted by Crippen LogP contribution is -2.09. The van der Waals surface area contributed by atoms with Crippen molar-refractivity contribution in [3.8, 4) is 11.5 Å². The number of para-hydroxylation sites is 2. The highest BCUT2D eigenvalue weighted by molar-refractivity contribution is 9.10. The molecule has 0 spiro atoms. The van der Waals surface area contributed by atoms with Crippen LogP contribution in [0.2, 0.25) is 0 Å². The van der Waals surface area contributed by atoms with Gasteiger partial charge in [0.05, 0.1) is 17.3 Å². The molecule has 0 amide bonds. The molecule has 0 saturated carbocycles. The van der Waals surface area contributed by atoms with Crippen LogP contribution < -0.4 is 20.5 Å². The third-order valence-electron chi connectivity index (χ3n) is 3.30.